The van der Waals surface area contributed by atoms with Gasteiger partial charge in [-0.3, -0.25) is 0 Å². The van der Waals surface area contributed by atoms with Crippen molar-refractivity contribution in [1.29, 1.82) is 0 Å². The van der Waals surface area contributed by atoms with Crippen LogP contribution in [0.3, 0.4) is 0 Å². The van der Waals surface area contributed by atoms with Gasteiger partial charge in [-0.05, 0) is 31.6 Å². The average molecular weight is 238 g/mol. The highest BCUT2D eigenvalue weighted by Gasteiger charge is 2.28. The van der Waals surface area contributed by atoms with E-state index in [1.807, 2.05) is 12.1 Å². The van der Waals surface area contributed by atoms with Crippen molar-refractivity contribution in [2.24, 2.45) is 5.84 Å². The molecule has 5 heteroatoms. The molecule has 0 aliphatic carbocycles. The second kappa shape index (κ2) is 4.93. The van der Waals surface area contributed by atoms with Crippen LogP contribution in [0.4, 0.5) is 11.5 Å². The number of hydrogen-bond donors (Lipinski definition) is 3. The van der Waals surface area contributed by atoms with Gasteiger partial charge in [-0.25, -0.2) is 10.8 Å². The minimum atomic E-state index is 0.375. The van der Waals surface area contributed by atoms with E-state index in [0.717, 1.165) is 12.2 Å². The summed E-state index contributed by atoms with van der Waals surface area (Å²) in [7, 11) is 0. The van der Waals surface area contributed by atoms with Crippen molar-refractivity contribution in [3.05, 3.63) is 18.3 Å². The van der Waals surface area contributed by atoms with Crippen LogP contribution < -0.4 is 16.6 Å². The molecule has 1 aliphatic rings. The number of nitrogen functional groups attached to an aromatic ring is 1. The summed E-state index contributed by atoms with van der Waals surface area (Å²) in [6, 6.07) is 3.88. The Balaban J connectivity index is 1.93. The third-order valence-corrected chi connectivity index (χ3v) is 4.41. The fourth-order valence-electron chi connectivity index (χ4n) is 1.88. The van der Waals surface area contributed by atoms with Gasteiger partial charge in [-0.1, -0.05) is 0 Å². The van der Waals surface area contributed by atoms with Gasteiger partial charge < -0.3 is 10.7 Å². The number of aromatic nitrogens is 1. The number of rotatable bonds is 4. The van der Waals surface area contributed by atoms with E-state index in [0.29, 0.717) is 10.6 Å². The lowest BCUT2D eigenvalue weighted by molar-refractivity contribution is 0.635. The number of hydrogen-bond acceptors (Lipinski definition) is 5. The molecule has 0 amide bonds. The minimum Gasteiger partial charge on any atom is -0.384 e. The zero-order chi connectivity index (χ0) is 11.4. The fourth-order valence-corrected chi connectivity index (χ4v) is 3.13. The van der Waals surface area contributed by atoms with E-state index >= 15 is 0 Å². The molecule has 1 saturated heterocycles. The molecule has 0 bridgehead atoms. The van der Waals surface area contributed by atoms with Crippen LogP contribution in [0.5, 0.6) is 0 Å². The summed E-state index contributed by atoms with van der Waals surface area (Å²) in [6.07, 6.45) is 4.37. The molecule has 1 atom stereocenters. The van der Waals surface area contributed by atoms with Crippen LogP contribution in [0.25, 0.3) is 0 Å². The lowest BCUT2D eigenvalue weighted by Crippen LogP contribution is -2.27. The monoisotopic (exact) mass is 238 g/mol. The number of thioether (sulfide) groups is 1. The molecular formula is C11H18N4S. The quantitative estimate of drug-likeness (QED) is 0.553. The Kier molecular flexibility index (Phi) is 3.56. The van der Waals surface area contributed by atoms with Gasteiger partial charge in [0, 0.05) is 29.2 Å². The molecule has 1 aromatic heterocycles. The number of nitrogens with one attached hydrogen (secondary N) is 2. The summed E-state index contributed by atoms with van der Waals surface area (Å²) < 4.78 is 0.375. The van der Waals surface area contributed by atoms with E-state index in [9.17, 15) is 0 Å². The molecule has 2 heterocycles. The van der Waals surface area contributed by atoms with Crippen molar-refractivity contribution in [1.82, 2.24) is 4.98 Å². The first-order valence-electron chi connectivity index (χ1n) is 5.52. The first-order chi connectivity index (χ1) is 7.72. The van der Waals surface area contributed by atoms with Gasteiger partial charge in [-0.2, -0.15) is 11.8 Å². The third-order valence-electron chi connectivity index (χ3n) is 2.87. The third kappa shape index (κ3) is 2.80. The van der Waals surface area contributed by atoms with Crippen molar-refractivity contribution in [2.45, 2.75) is 24.5 Å². The summed E-state index contributed by atoms with van der Waals surface area (Å²) in [5.41, 5.74) is 3.61. The van der Waals surface area contributed by atoms with Crippen molar-refractivity contribution in [3.63, 3.8) is 0 Å². The highest BCUT2D eigenvalue weighted by atomic mass is 32.2. The van der Waals surface area contributed by atoms with Gasteiger partial charge in [0.05, 0.1) is 0 Å². The Bertz CT molecular complexity index is 350. The molecule has 4 N–H and O–H groups in total. The van der Waals surface area contributed by atoms with E-state index in [4.69, 9.17) is 5.84 Å². The highest BCUT2D eigenvalue weighted by Crippen LogP contribution is 2.37. The van der Waals surface area contributed by atoms with Crippen LogP contribution in [-0.4, -0.2) is 22.0 Å². The second-order valence-electron chi connectivity index (χ2n) is 4.33. The predicted octanol–water partition coefficient (Wildman–Crippen LogP) is 2.06. The predicted molar refractivity (Wildman–Crippen MR) is 70.6 cm³/mol. The van der Waals surface area contributed by atoms with Gasteiger partial charge >= 0.3 is 0 Å². The Morgan fingerprint density at radius 1 is 1.62 bits per heavy atom. The van der Waals surface area contributed by atoms with E-state index in [1.165, 1.54) is 18.6 Å². The molecule has 88 valence electrons. The standard InChI is InChI=1S/C11H18N4S/c1-11(4-2-6-16-11)8-14-9-3-5-13-10(7-9)15-12/h3,5,7H,2,4,6,8,12H2,1H3,(H2,13,14,15). The first kappa shape index (κ1) is 11.5. The number of nitrogens with zero attached hydrogens (tertiary/aromatic N) is 1. The van der Waals surface area contributed by atoms with E-state index in [-0.39, 0.29) is 0 Å². The Morgan fingerprint density at radius 2 is 2.50 bits per heavy atom. The maximum atomic E-state index is 5.32. The molecule has 0 aromatic carbocycles. The largest absolute Gasteiger partial charge is 0.384 e. The van der Waals surface area contributed by atoms with Crippen LogP contribution in [0.2, 0.25) is 0 Å². The van der Waals surface area contributed by atoms with Gasteiger partial charge in [0.15, 0.2) is 0 Å². The van der Waals surface area contributed by atoms with Crippen LogP contribution in [0, 0.1) is 0 Å². The number of hydrazine groups is 1. The maximum absolute atomic E-state index is 5.32. The Morgan fingerprint density at radius 3 is 3.19 bits per heavy atom. The molecule has 1 aromatic rings. The molecule has 2 rings (SSSR count). The lowest BCUT2D eigenvalue weighted by Gasteiger charge is -2.23. The molecular weight excluding hydrogens is 220 g/mol. The molecule has 4 nitrogen and oxygen atoms in total. The van der Waals surface area contributed by atoms with Crippen molar-refractivity contribution in [2.75, 3.05) is 23.0 Å². The zero-order valence-electron chi connectivity index (χ0n) is 9.49. The summed E-state index contributed by atoms with van der Waals surface area (Å²) in [5.74, 6) is 7.29. The summed E-state index contributed by atoms with van der Waals surface area (Å²) in [5, 5.41) is 3.45. The number of pyridine rings is 1. The molecule has 0 saturated carbocycles. The van der Waals surface area contributed by atoms with Crippen LogP contribution in [0.1, 0.15) is 19.8 Å². The normalized spacial score (nSPS) is 24.4. The summed E-state index contributed by atoms with van der Waals surface area (Å²) >= 11 is 2.06. The Hall–Kier alpha value is -0.940. The summed E-state index contributed by atoms with van der Waals surface area (Å²) in [4.78, 5) is 4.07. The number of nitrogens with two attached hydrogens (primary N) is 1. The van der Waals surface area contributed by atoms with Gasteiger partial charge in [0.2, 0.25) is 0 Å². The average Bonchev–Trinajstić information content (AvgIpc) is 2.75. The minimum absolute atomic E-state index is 0.375. The zero-order valence-corrected chi connectivity index (χ0v) is 10.3. The SMILES string of the molecule is CC1(CNc2ccnc(NN)c2)CCCS1. The van der Waals surface area contributed by atoms with Gasteiger partial charge in [0.25, 0.3) is 0 Å². The molecule has 1 fully saturated rings. The van der Waals surface area contributed by atoms with E-state index in [2.05, 4.69) is 34.4 Å². The van der Waals surface area contributed by atoms with Crippen LogP contribution >= 0.6 is 11.8 Å². The van der Waals surface area contributed by atoms with Gasteiger partial charge in [-0.15, -0.1) is 0 Å². The molecule has 1 unspecified atom stereocenters. The van der Waals surface area contributed by atoms with E-state index in [1.54, 1.807) is 6.20 Å². The summed E-state index contributed by atoms with van der Waals surface area (Å²) in [6.45, 7) is 3.31. The first-order valence-corrected chi connectivity index (χ1v) is 6.51. The maximum Gasteiger partial charge on any atom is 0.141 e. The number of anilines is 2. The second-order valence-corrected chi connectivity index (χ2v) is 6.01. The molecule has 0 spiro atoms. The molecule has 16 heavy (non-hydrogen) atoms. The smallest absolute Gasteiger partial charge is 0.141 e. The van der Waals surface area contributed by atoms with Crippen molar-refractivity contribution < 1.29 is 0 Å². The van der Waals surface area contributed by atoms with Crippen LogP contribution in [0.15, 0.2) is 18.3 Å². The lowest BCUT2D eigenvalue weighted by atomic mass is 10.1. The topological polar surface area (TPSA) is 63.0 Å². The van der Waals surface area contributed by atoms with Crippen molar-refractivity contribution >= 4 is 23.3 Å². The fraction of sp³-hybridized carbons (Fsp3) is 0.545. The van der Waals surface area contributed by atoms with Crippen molar-refractivity contribution in [3.8, 4) is 0 Å². The van der Waals surface area contributed by atoms with E-state index < -0.39 is 0 Å². The Labute approximate surface area is 100 Å². The highest BCUT2D eigenvalue weighted by molar-refractivity contribution is 8.00. The van der Waals surface area contributed by atoms with Gasteiger partial charge in [0.1, 0.15) is 5.82 Å². The van der Waals surface area contributed by atoms with Crippen LogP contribution in [-0.2, 0) is 0 Å². The molecule has 1 aliphatic heterocycles. The molecule has 0 radical (unpaired) electrons.